The van der Waals surface area contributed by atoms with Crippen LogP contribution in [0.4, 0.5) is 5.69 Å². The van der Waals surface area contributed by atoms with Gasteiger partial charge in [0.1, 0.15) is 0 Å². The molecule has 1 aliphatic heterocycles. The van der Waals surface area contributed by atoms with Crippen molar-refractivity contribution in [3.63, 3.8) is 0 Å². The largest absolute Gasteiger partial charge is 0.311 e. The maximum Gasteiger partial charge on any atom is 0.227 e. The minimum absolute atomic E-state index is 0.200. The van der Waals surface area contributed by atoms with Gasteiger partial charge in [-0.05, 0) is 41.7 Å². The highest BCUT2D eigenvalue weighted by atomic mass is 35.5. The molecule has 104 valence electrons. The van der Waals surface area contributed by atoms with E-state index in [1.165, 1.54) is 5.56 Å². The van der Waals surface area contributed by atoms with Crippen LogP contribution >= 0.6 is 24.2 Å². The molecule has 0 bridgehead atoms. The number of carbonyl (C=O) groups is 1. The van der Waals surface area contributed by atoms with Crippen LogP contribution in [-0.2, 0) is 17.6 Å². The highest BCUT2D eigenvalue weighted by Crippen LogP contribution is 2.36. The Labute approximate surface area is 125 Å². The van der Waals surface area contributed by atoms with Crippen molar-refractivity contribution < 1.29 is 4.79 Å². The lowest BCUT2D eigenvalue weighted by Gasteiger charge is -2.24. The first kappa shape index (κ1) is 14.7. The van der Waals surface area contributed by atoms with Crippen molar-refractivity contribution in [3.8, 4) is 0 Å². The molecule has 0 spiro atoms. The summed E-state index contributed by atoms with van der Waals surface area (Å²) in [7, 11) is 0. The Morgan fingerprint density at radius 2 is 2.11 bits per heavy atom. The molecule has 1 heterocycles. The van der Waals surface area contributed by atoms with Crippen molar-refractivity contribution in [3.05, 3.63) is 28.3 Å². The predicted octanol–water partition coefficient (Wildman–Crippen LogP) is 3.75. The quantitative estimate of drug-likeness (QED) is 0.839. The summed E-state index contributed by atoms with van der Waals surface area (Å²) in [6, 6.07) is 3.98. The normalized spacial score (nSPS) is 19.3. The first-order chi connectivity index (χ1) is 9.12. The second kappa shape index (κ2) is 6.19. The number of hydrogen-bond donors (Lipinski definition) is 1. The number of thiol groups is 1. The van der Waals surface area contributed by atoms with Gasteiger partial charge in [0.15, 0.2) is 0 Å². The van der Waals surface area contributed by atoms with Gasteiger partial charge >= 0.3 is 0 Å². The number of anilines is 1. The van der Waals surface area contributed by atoms with Gasteiger partial charge in [0.2, 0.25) is 5.91 Å². The molecule has 1 fully saturated rings. The van der Waals surface area contributed by atoms with E-state index in [1.807, 2.05) is 17.0 Å². The third-order valence-electron chi connectivity index (χ3n) is 3.78. The lowest BCUT2D eigenvalue weighted by Crippen LogP contribution is -2.27. The number of halogens is 1. The van der Waals surface area contributed by atoms with Crippen LogP contribution in [0.15, 0.2) is 12.1 Å². The summed E-state index contributed by atoms with van der Waals surface area (Å²) in [5.41, 5.74) is 3.34. The maximum absolute atomic E-state index is 12.2. The molecule has 2 rings (SSSR count). The number of benzene rings is 1. The number of hydrogen-bond acceptors (Lipinski definition) is 2. The Bertz CT molecular complexity index is 489. The molecule has 1 aromatic carbocycles. The van der Waals surface area contributed by atoms with E-state index in [4.69, 9.17) is 11.6 Å². The minimum atomic E-state index is 0.200. The fourth-order valence-electron chi connectivity index (χ4n) is 2.74. The van der Waals surface area contributed by atoms with Crippen LogP contribution in [0.2, 0.25) is 5.02 Å². The fraction of sp³-hybridized carbons (Fsp3) is 0.533. The van der Waals surface area contributed by atoms with Gasteiger partial charge in [-0.15, -0.1) is 0 Å². The predicted molar refractivity (Wildman–Crippen MR) is 84.5 cm³/mol. The van der Waals surface area contributed by atoms with Crippen LogP contribution in [0.3, 0.4) is 0 Å². The fourth-order valence-corrected chi connectivity index (χ4v) is 3.27. The maximum atomic E-state index is 12.2. The van der Waals surface area contributed by atoms with Gasteiger partial charge in [-0.1, -0.05) is 31.5 Å². The van der Waals surface area contributed by atoms with Crippen molar-refractivity contribution >= 4 is 35.8 Å². The molecule has 1 unspecified atom stereocenters. The van der Waals surface area contributed by atoms with Gasteiger partial charge in [0, 0.05) is 18.0 Å². The third kappa shape index (κ3) is 2.77. The zero-order valence-electron chi connectivity index (χ0n) is 11.4. The van der Waals surface area contributed by atoms with Crippen molar-refractivity contribution in [2.75, 3.05) is 17.2 Å². The molecular weight excluding hydrogens is 278 g/mol. The van der Waals surface area contributed by atoms with E-state index in [9.17, 15) is 4.79 Å². The SMILES string of the molecule is CCc1ccc(Cl)c(CC)c1N1CC(CS)CC1=O. The van der Waals surface area contributed by atoms with E-state index < -0.39 is 0 Å². The molecule has 0 radical (unpaired) electrons. The number of carbonyl (C=O) groups excluding carboxylic acids is 1. The average molecular weight is 298 g/mol. The standard InChI is InChI=1S/C15H20ClNOS/c1-3-11-5-6-13(16)12(4-2)15(11)17-8-10(9-19)7-14(17)18/h5-6,10,19H,3-4,7-9H2,1-2H3. The molecular formula is C15H20ClNOS. The molecule has 1 amide bonds. The lowest BCUT2D eigenvalue weighted by molar-refractivity contribution is -0.117. The van der Waals surface area contributed by atoms with Gasteiger partial charge in [0.25, 0.3) is 0 Å². The zero-order valence-corrected chi connectivity index (χ0v) is 13.1. The third-order valence-corrected chi connectivity index (χ3v) is 4.65. The van der Waals surface area contributed by atoms with E-state index >= 15 is 0 Å². The van der Waals surface area contributed by atoms with Gasteiger partial charge in [0.05, 0.1) is 5.69 Å². The zero-order chi connectivity index (χ0) is 14.0. The summed E-state index contributed by atoms with van der Waals surface area (Å²) < 4.78 is 0. The van der Waals surface area contributed by atoms with Crippen molar-refractivity contribution in [2.45, 2.75) is 33.1 Å². The molecule has 19 heavy (non-hydrogen) atoms. The molecule has 1 atom stereocenters. The Kier molecular flexibility index (Phi) is 4.80. The van der Waals surface area contributed by atoms with Crippen molar-refractivity contribution in [2.24, 2.45) is 5.92 Å². The van der Waals surface area contributed by atoms with Crippen LogP contribution < -0.4 is 4.90 Å². The summed E-state index contributed by atoms with van der Waals surface area (Å²) in [4.78, 5) is 14.2. The summed E-state index contributed by atoms with van der Waals surface area (Å²) in [5.74, 6) is 1.31. The molecule has 2 nitrogen and oxygen atoms in total. The number of nitrogens with zero attached hydrogens (tertiary/aromatic N) is 1. The van der Waals surface area contributed by atoms with E-state index in [-0.39, 0.29) is 5.91 Å². The first-order valence-corrected chi connectivity index (χ1v) is 7.84. The minimum Gasteiger partial charge on any atom is -0.311 e. The Morgan fingerprint density at radius 3 is 2.63 bits per heavy atom. The van der Waals surface area contributed by atoms with E-state index in [1.54, 1.807) is 0 Å². The summed E-state index contributed by atoms with van der Waals surface area (Å²) in [6.07, 6.45) is 2.36. The molecule has 4 heteroatoms. The van der Waals surface area contributed by atoms with Gasteiger partial charge < -0.3 is 4.90 Å². The Morgan fingerprint density at radius 1 is 1.37 bits per heavy atom. The van der Waals surface area contributed by atoms with Crippen molar-refractivity contribution in [1.82, 2.24) is 0 Å². The van der Waals surface area contributed by atoms with Crippen LogP contribution in [0, 0.1) is 5.92 Å². The van der Waals surface area contributed by atoms with Gasteiger partial charge in [-0.3, -0.25) is 4.79 Å². The van der Waals surface area contributed by atoms with Crippen LogP contribution in [0.1, 0.15) is 31.4 Å². The average Bonchev–Trinajstić information content (AvgIpc) is 2.79. The molecule has 0 aliphatic carbocycles. The van der Waals surface area contributed by atoms with Gasteiger partial charge in [-0.2, -0.15) is 12.6 Å². The number of aryl methyl sites for hydroxylation is 1. The Hall–Kier alpha value is -0.670. The Balaban J connectivity index is 2.48. The lowest BCUT2D eigenvalue weighted by atomic mass is 10.0. The molecule has 0 saturated carbocycles. The van der Waals surface area contributed by atoms with Crippen LogP contribution in [0.25, 0.3) is 0 Å². The molecule has 0 aromatic heterocycles. The summed E-state index contributed by atoms with van der Waals surface area (Å²) >= 11 is 10.6. The van der Waals surface area contributed by atoms with E-state index in [0.29, 0.717) is 12.3 Å². The molecule has 1 aromatic rings. The second-order valence-corrected chi connectivity index (χ2v) is 5.77. The highest BCUT2D eigenvalue weighted by Gasteiger charge is 2.32. The van der Waals surface area contributed by atoms with Crippen LogP contribution in [0.5, 0.6) is 0 Å². The second-order valence-electron chi connectivity index (χ2n) is 5.00. The molecule has 0 N–H and O–H groups in total. The van der Waals surface area contributed by atoms with Crippen LogP contribution in [-0.4, -0.2) is 18.2 Å². The summed E-state index contributed by atoms with van der Waals surface area (Å²) in [6.45, 7) is 4.96. The monoisotopic (exact) mass is 297 g/mol. The topological polar surface area (TPSA) is 20.3 Å². The smallest absolute Gasteiger partial charge is 0.227 e. The first-order valence-electron chi connectivity index (χ1n) is 6.83. The highest BCUT2D eigenvalue weighted by molar-refractivity contribution is 7.80. The molecule has 1 saturated heterocycles. The van der Waals surface area contributed by atoms with E-state index in [0.717, 1.165) is 41.4 Å². The van der Waals surface area contributed by atoms with E-state index in [2.05, 4.69) is 26.5 Å². The molecule has 1 aliphatic rings. The van der Waals surface area contributed by atoms with Gasteiger partial charge in [-0.25, -0.2) is 0 Å². The number of rotatable bonds is 4. The number of amides is 1. The summed E-state index contributed by atoms with van der Waals surface area (Å²) in [5, 5.41) is 0.761. The van der Waals surface area contributed by atoms with Crippen molar-refractivity contribution in [1.29, 1.82) is 0 Å².